The minimum atomic E-state index is 0.727. The Morgan fingerprint density at radius 2 is 1.89 bits per heavy atom. The molecule has 0 aliphatic rings. The summed E-state index contributed by atoms with van der Waals surface area (Å²) in [7, 11) is 0. The van der Waals surface area contributed by atoms with Crippen LogP contribution in [0.5, 0.6) is 0 Å². The lowest BCUT2D eigenvalue weighted by Crippen LogP contribution is -2.00. The fourth-order valence-electron chi connectivity index (χ4n) is 2.36. The molecule has 5 heteroatoms. The van der Waals surface area contributed by atoms with Gasteiger partial charge in [0, 0.05) is 6.20 Å². The molecule has 3 aromatic heterocycles. The van der Waals surface area contributed by atoms with Gasteiger partial charge in [-0.05, 0) is 24.3 Å². The molecule has 19 heavy (non-hydrogen) atoms. The molecule has 0 radical (unpaired) electrons. The SMILES string of the molecule is S=c1[nH]c2cnn(-c3ccccc3)c2n2cccc12. The molecule has 0 spiro atoms. The lowest BCUT2D eigenvalue weighted by atomic mass is 10.3. The van der Waals surface area contributed by atoms with Crippen molar-refractivity contribution in [2.75, 3.05) is 0 Å². The summed E-state index contributed by atoms with van der Waals surface area (Å²) in [5.74, 6) is 0. The van der Waals surface area contributed by atoms with Crippen molar-refractivity contribution < 1.29 is 0 Å². The molecule has 92 valence electrons. The van der Waals surface area contributed by atoms with Crippen molar-refractivity contribution in [3.05, 3.63) is 59.5 Å². The second-order valence-corrected chi connectivity index (χ2v) is 4.76. The van der Waals surface area contributed by atoms with E-state index in [0.29, 0.717) is 0 Å². The molecule has 0 bridgehead atoms. The number of fused-ring (bicyclic) bond motifs is 3. The van der Waals surface area contributed by atoms with Crippen molar-refractivity contribution in [3.63, 3.8) is 0 Å². The first-order chi connectivity index (χ1) is 9.34. The van der Waals surface area contributed by atoms with Crippen molar-refractivity contribution in [2.45, 2.75) is 0 Å². The van der Waals surface area contributed by atoms with Gasteiger partial charge in [0.2, 0.25) is 0 Å². The van der Waals surface area contributed by atoms with Gasteiger partial charge in [0.05, 0.1) is 17.4 Å². The molecule has 4 rings (SSSR count). The Hall–Kier alpha value is -2.40. The van der Waals surface area contributed by atoms with Gasteiger partial charge >= 0.3 is 0 Å². The minimum absolute atomic E-state index is 0.727. The third-order valence-corrected chi connectivity index (χ3v) is 3.51. The van der Waals surface area contributed by atoms with Crippen LogP contribution in [-0.4, -0.2) is 19.2 Å². The fraction of sp³-hybridized carbons (Fsp3) is 0. The number of para-hydroxylation sites is 1. The normalized spacial score (nSPS) is 11.4. The van der Waals surface area contributed by atoms with Crippen LogP contribution in [0.1, 0.15) is 0 Å². The number of nitrogens with one attached hydrogen (secondary N) is 1. The third-order valence-electron chi connectivity index (χ3n) is 3.20. The Morgan fingerprint density at radius 1 is 1.05 bits per heavy atom. The lowest BCUT2D eigenvalue weighted by Gasteiger charge is -2.05. The molecule has 3 heterocycles. The summed E-state index contributed by atoms with van der Waals surface area (Å²) in [6, 6.07) is 14.0. The van der Waals surface area contributed by atoms with Gasteiger partial charge in [-0.3, -0.25) is 4.40 Å². The largest absolute Gasteiger partial charge is 0.340 e. The van der Waals surface area contributed by atoms with E-state index in [4.69, 9.17) is 12.2 Å². The number of hydrogen-bond donors (Lipinski definition) is 1. The maximum Gasteiger partial charge on any atom is 0.164 e. The molecular formula is C14H10N4S. The van der Waals surface area contributed by atoms with Crippen LogP contribution >= 0.6 is 12.2 Å². The molecule has 1 aromatic carbocycles. The molecule has 0 fully saturated rings. The van der Waals surface area contributed by atoms with Gasteiger partial charge in [-0.15, -0.1) is 0 Å². The van der Waals surface area contributed by atoms with Crippen LogP contribution in [0, 0.1) is 4.64 Å². The molecular weight excluding hydrogens is 256 g/mol. The van der Waals surface area contributed by atoms with Crippen molar-refractivity contribution in [1.29, 1.82) is 0 Å². The third kappa shape index (κ3) is 1.45. The number of aromatic nitrogens is 4. The molecule has 0 saturated carbocycles. The van der Waals surface area contributed by atoms with E-state index in [1.165, 1.54) is 0 Å². The topological polar surface area (TPSA) is 38.0 Å². The molecule has 0 aliphatic heterocycles. The molecule has 0 saturated heterocycles. The van der Waals surface area contributed by atoms with Crippen LogP contribution < -0.4 is 0 Å². The maximum absolute atomic E-state index is 5.35. The average Bonchev–Trinajstić information content (AvgIpc) is 3.05. The van der Waals surface area contributed by atoms with Crippen molar-refractivity contribution >= 4 is 28.9 Å². The lowest BCUT2D eigenvalue weighted by molar-refractivity contribution is 0.888. The zero-order valence-electron chi connectivity index (χ0n) is 9.95. The first-order valence-corrected chi connectivity index (χ1v) is 6.38. The second-order valence-electron chi connectivity index (χ2n) is 4.35. The van der Waals surface area contributed by atoms with Crippen molar-refractivity contribution in [1.82, 2.24) is 19.2 Å². The predicted octanol–water partition coefficient (Wildman–Crippen LogP) is 3.34. The number of rotatable bonds is 1. The summed E-state index contributed by atoms with van der Waals surface area (Å²) in [6.07, 6.45) is 3.81. The van der Waals surface area contributed by atoms with Gasteiger partial charge in [-0.25, -0.2) is 4.68 Å². The van der Waals surface area contributed by atoms with Crippen LogP contribution in [0.2, 0.25) is 0 Å². The molecule has 0 atom stereocenters. The zero-order valence-corrected chi connectivity index (χ0v) is 10.8. The van der Waals surface area contributed by atoms with Gasteiger partial charge < -0.3 is 4.98 Å². The highest BCUT2D eigenvalue weighted by atomic mass is 32.1. The van der Waals surface area contributed by atoms with Gasteiger partial charge in [0.25, 0.3) is 0 Å². The molecule has 0 amide bonds. The predicted molar refractivity (Wildman–Crippen MR) is 77.2 cm³/mol. The monoisotopic (exact) mass is 266 g/mol. The van der Waals surface area contributed by atoms with Crippen LogP contribution in [0.3, 0.4) is 0 Å². The highest BCUT2D eigenvalue weighted by Gasteiger charge is 2.09. The van der Waals surface area contributed by atoms with Crippen LogP contribution in [0.25, 0.3) is 22.4 Å². The standard InChI is InChI=1S/C14H10N4S/c19-13-12-7-4-8-17(12)14-11(16-13)9-15-18(14)10-5-2-1-3-6-10/h1-9H,(H,16,19). The Labute approximate surface area is 113 Å². The van der Waals surface area contributed by atoms with Crippen LogP contribution in [0.4, 0.5) is 0 Å². The Balaban J connectivity index is 2.19. The van der Waals surface area contributed by atoms with E-state index in [0.717, 1.165) is 27.0 Å². The molecule has 1 N–H and O–H groups in total. The maximum atomic E-state index is 5.35. The van der Waals surface area contributed by atoms with E-state index in [1.807, 2.05) is 53.3 Å². The average molecular weight is 266 g/mol. The minimum Gasteiger partial charge on any atom is -0.340 e. The van der Waals surface area contributed by atoms with E-state index in [2.05, 4.69) is 14.5 Å². The van der Waals surface area contributed by atoms with Crippen LogP contribution in [-0.2, 0) is 0 Å². The van der Waals surface area contributed by atoms with Crippen molar-refractivity contribution in [3.8, 4) is 5.69 Å². The van der Waals surface area contributed by atoms with Gasteiger partial charge in [-0.2, -0.15) is 5.10 Å². The summed E-state index contributed by atoms with van der Waals surface area (Å²) in [6.45, 7) is 0. The van der Waals surface area contributed by atoms with Gasteiger partial charge in [0.15, 0.2) is 5.65 Å². The Morgan fingerprint density at radius 3 is 2.74 bits per heavy atom. The highest BCUT2D eigenvalue weighted by molar-refractivity contribution is 7.71. The molecule has 0 unspecified atom stereocenters. The van der Waals surface area contributed by atoms with Gasteiger partial charge in [0.1, 0.15) is 10.2 Å². The van der Waals surface area contributed by atoms with E-state index < -0.39 is 0 Å². The molecule has 4 aromatic rings. The molecule has 0 aliphatic carbocycles. The zero-order chi connectivity index (χ0) is 12.8. The number of hydrogen-bond acceptors (Lipinski definition) is 2. The van der Waals surface area contributed by atoms with E-state index >= 15 is 0 Å². The van der Waals surface area contributed by atoms with E-state index in [9.17, 15) is 0 Å². The Bertz CT molecular complexity index is 930. The summed E-state index contributed by atoms with van der Waals surface area (Å²) < 4.78 is 4.70. The highest BCUT2D eigenvalue weighted by Crippen LogP contribution is 2.19. The summed E-state index contributed by atoms with van der Waals surface area (Å²) >= 11 is 5.35. The van der Waals surface area contributed by atoms with E-state index in [-0.39, 0.29) is 0 Å². The summed E-state index contributed by atoms with van der Waals surface area (Å²) in [4.78, 5) is 3.22. The fourth-order valence-corrected chi connectivity index (χ4v) is 2.63. The quantitative estimate of drug-likeness (QED) is 0.537. The Kier molecular flexibility index (Phi) is 2.10. The molecule has 4 nitrogen and oxygen atoms in total. The summed E-state index contributed by atoms with van der Waals surface area (Å²) in [5, 5.41) is 4.45. The van der Waals surface area contributed by atoms with Gasteiger partial charge in [-0.1, -0.05) is 30.4 Å². The number of benzene rings is 1. The number of aromatic amines is 1. The van der Waals surface area contributed by atoms with E-state index in [1.54, 1.807) is 6.20 Å². The first-order valence-electron chi connectivity index (χ1n) is 5.97. The van der Waals surface area contributed by atoms with Crippen molar-refractivity contribution in [2.24, 2.45) is 0 Å². The first kappa shape index (κ1) is 10.5. The van der Waals surface area contributed by atoms with Crippen LogP contribution in [0.15, 0.2) is 54.9 Å². The number of nitrogens with zero attached hydrogens (tertiary/aromatic N) is 3. The smallest absolute Gasteiger partial charge is 0.164 e. The second kappa shape index (κ2) is 3.80. The summed E-state index contributed by atoms with van der Waals surface area (Å²) in [5.41, 5.74) is 3.93. The number of H-pyrrole nitrogens is 1.